The van der Waals surface area contributed by atoms with Gasteiger partial charge >= 0.3 is 0 Å². The lowest BCUT2D eigenvalue weighted by Gasteiger charge is -2.25. The van der Waals surface area contributed by atoms with Crippen LogP contribution in [0.5, 0.6) is 0 Å². The first-order chi connectivity index (χ1) is 20.3. The lowest BCUT2D eigenvalue weighted by atomic mass is 10.1. The minimum atomic E-state index is 1.01. The van der Waals surface area contributed by atoms with Crippen molar-refractivity contribution in [2.24, 2.45) is 4.99 Å². The number of para-hydroxylation sites is 2. The summed E-state index contributed by atoms with van der Waals surface area (Å²) < 4.78 is 2.55. The molecule has 0 bridgehead atoms. The number of unbranched alkanes of at least 4 members (excludes halogenated alkanes) is 1. The van der Waals surface area contributed by atoms with E-state index in [1.807, 2.05) is 11.3 Å². The number of benzene rings is 4. The average Bonchev–Trinajstić information content (AvgIpc) is 3.66. The molecule has 3 nitrogen and oxygen atoms in total. The summed E-state index contributed by atoms with van der Waals surface area (Å²) in [6.07, 6.45) is 11.3. The zero-order valence-electron chi connectivity index (χ0n) is 23.1. The van der Waals surface area contributed by atoms with Crippen molar-refractivity contribution < 1.29 is 0 Å². The van der Waals surface area contributed by atoms with E-state index in [-0.39, 0.29) is 0 Å². The Labute approximate surface area is 244 Å². The highest BCUT2D eigenvalue weighted by atomic mass is 32.1. The van der Waals surface area contributed by atoms with Gasteiger partial charge in [-0.25, -0.2) is 4.99 Å². The van der Waals surface area contributed by atoms with Crippen LogP contribution >= 0.6 is 11.3 Å². The molecule has 0 radical (unpaired) electrons. The van der Waals surface area contributed by atoms with Crippen molar-refractivity contribution in [1.29, 1.82) is 0 Å². The summed E-state index contributed by atoms with van der Waals surface area (Å²) in [4.78, 5) is 9.66. The Morgan fingerprint density at radius 1 is 0.683 bits per heavy atom. The van der Waals surface area contributed by atoms with E-state index in [2.05, 4.69) is 150 Å². The van der Waals surface area contributed by atoms with Crippen LogP contribution in [0.15, 0.2) is 139 Å². The largest absolute Gasteiger partial charge is 0.354 e. The maximum Gasteiger partial charge on any atom is 0.0737 e. The van der Waals surface area contributed by atoms with E-state index in [0.29, 0.717) is 0 Å². The van der Waals surface area contributed by atoms with Crippen LogP contribution in [-0.2, 0) is 0 Å². The van der Waals surface area contributed by atoms with Gasteiger partial charge in [-0.3, -0.25) is 0 Å². The van der Waals surface area contributed by atoms with E-state index in [0.717, 1.165) is 34.7 Å². The van der Waals surface area contributed by atoms with Gasteiger partial charge in [0.05, 0.1) is 11.0 Å². The molecule has 0 spiro atoms. The van der Waals surface area contributed by atoms with E-state index in [1.54, 1.807) is 0 Å². The summed E-state index contributed by atoms with van der Waals surface area (Å²) in [5.74, 6) is 0. The molecule has 1 aromatic heterocycles. The summed E-state index contributed by atoms with van der Waals surface area (Å²) in [7, 11) is 0. The van der Waals surface area contributed by atoms with Crippen molar-refractivity contribution in [3.05, 3.63) is 164 Å². The maximum absolute atomic E-state index is 5.11. The molecule has 200 valence electrons. The Morgan fingerprint density at radius 2 is 1.37 bits per heavy atom. The van der Waals surface area contributed by atoms with E-state index in [1.165, 1.54) is 43.1 Å². The van der Waals surface area contributed by atoms with Gasteiger partial charge in [-0.2, -0.15) is 0 Å². The first-order valence-corrected chi connectivity index (χ1v) is 15.1. The molecule has 2 aliphatic rings. The molecule has 5 aromatic rings. The Hall–Kier alpha value is -4.67. The van der Waals surface area contributed by atoms with Crippen molar-refractivity contribution in [3.8, 4) is 0 Å². The quantitative estimate of drug-likeness (QED) is 0.208. The van der Waals surface area contributed by atoms with Gasteiger partial charge in [-0.1, -0.05) is 67.9 Å². The molecule has 0 amide bonds. The van der Waals surface area contributed by atoms with Gasteiger partial charge < -0.3 is 9.80 Å². The van der Waals surface area contributed by atoms with Crippen LogP contribution in [-0.4, -0.2) is 11.4 Å². The Balaban J connectivity index is 1.27. The molecule has 0 aliphatic carbocycles. The van der Waals surface area contributed by atoms with Crippen molar-refractivity contribution in [1.82, 2.24) is 4.90 Å². The summed E-state index contributed by atoms with van der Waals surface area (Å²) >= 11 is 1.84. The van der Waals surface area contributed by atoms with Crippen LogP contribution in [0.4, 0.5) is 22.7 Å². The first kappa shape index (κ1) is 25.3. The summed E-state index contributed by atoms with van der Waals surface area (Å²) in [6.45, 7) is 3.31. The number of anilines is 3. The van der Waals surface area contributed by atoms with Crippen LogP contribution in [0.3, 0.4) is 0 Å². The molecule has 4 aromatic carbocycles. The monoisotopic (exact) mass is 549 g/mol. The van der Waals surface area contributed by atoms with Gasteiger partial charge in [-0.15, -0.1) is 11.3 Å². The van der Waals surface area contributed by atoms with Gasteiger partial charge in [0.15, 0.2) is 0 Å². The Kier molecular flexibility index (Phi) is 6.83. The molecule has 0 saturated heterocycles. The second-order valence-electron chi connectivity index (χ2n) is 10.4. The van der Waals surface area contributed by atoms with E-state index < -0.39 is 0 Å². The molecular weight excluding hydrogens is 518 g/mol. The molecular formula is C37H31N3S. The zero-order chi connectivity index (χ0) is 27.6. The molecule has 0 atom stereocenters. The highest BCUT2D eigenvalue weighted by molar-refractivity contribution is 7.08. The Morgan fingerprint density at radius 3 is 2.07 bits per heavy atom. The van der Waals surface area contributed by atoms with E-state index in [4.69, 9.17) is 4.99 Å². The standard InChI is InChI=1S/C37H31N3S/c1-2-3-22-39-23-20-27(21-24-39)36-18-19-37(41-36)28-14-16-32-33-17-15-31(26-35(33)38-34(32)25-28)40(29-10-6-4-7-11-29)30-12-8-5-9-13-30/h4-21,23-26H,2-3,22H2,1H3. The molecule has 0 N–H and O–H groups in total. The molecule has 2 aliphatic heterocycles. The number of nitrogens with zero attached hydrogens (tertiary/aromatic N) is 3. The molecule has 7 rings (SSSR count). The fraction of sp³-hybridized carbons (Fsp3) is 0.108. The molecule has 0 fully saturated rings. The fourth-order valence-corrected chi connectivity index (χ4v) is 6.48. The number of hydrogen-bond acceptors (Lipinski definition) is 4. The Bertz CT molecular complexity index is 2040. The van der Waals surface area contributed by atoms with E-state index >= 15 is 0 Å². The highest BCUT2D eigenvalue weighted by Crippen LogP contribution is 2.33. The number of thiophene rings is 1. The topological polar surface area (TPSA) is 18.8 Å². The normalized spacial score (nSPS) is 14.1. The lowest BCUT2D eigenvalue weighted by Crippen LogP contribution is -2.14. The van der Waals surface area contributed by atoms with Crippen LogP contribution in [0.1, 0.15) is 19.8 Å². The molecule has 0 unspecified atom stereocenters. The van der Waals surface area contributed by atoms with Crippen molar-refractivity contribution >= 4 is 39.7 Å². The third-order valence-electron chi connectivity index (χ3n) is 7.63. The lowest BCUT2D eigenvalue weighted by molar-refractivity contribution is 0.483. The maximum atomic E-state index is 5.11. The summed E-state index contributed by atoms with van der Waals surface area (Å²) in [6, 6.07) is 38.8. The van der Waals surface area contributed by atoms with Crippen LogP contribution in [0.2, 0.25) is 0 Å². The number of fused-ring (bicyclic) bond motifs is 2. The second-order valence-corrected chi connectivity index (χ2v) is 11.5. The van der Waals surface area contributed by atoms with Gasteiger partial charge in [0, 0.05) is 55.5 Å². The first-order valence-electron chi connectivity index (χ1n) is 14.3. The second kappa shape index (κ2) is 11.1. The van der Waals surface area contributed by atoms with Gasteiger partial charge in [0.1, 0.15) is 0 Å². The predicted octanol–water partition coefficient (Wildman–Crippen LogP) is 8.35. The zero-order valence-corrected chi connectivity index (χ0v) is 23.9. The molecule has 0 saturated carbocycles. The highest BCUT2D eigenvalue weighted by Gasteiger charge is 2.13. The van der Waals surface area contributed by atoms with Crippen molar-refractivity contribution in [2.75, 3.05) is 11.4 Å². The van der Waals surface area contributed by atoms with Crippen LogP contribution < -0.4 is 14.8 Å². The summed E-state index contributed by atoms with van der Waals surface area (Å²) in [5.41, 5.74) is 5.64. The number of rotatable bonds is 6. The van der Waals surface area contributed by atoms with Crippen LogP contribution in [0, 0.1) is 20.2 Å². The SMILES string of the molecule is CCCCN1C=CC(=c2ccc(=c3ccc4c(c3)N=c3cc(N(c5ccccc5)c5ccccc5)ccc3=4)s2)C=C1. The van der Waals surface area contributed by atoms with Gasteiger partial charge in [-0.05, 0) is 84.0 Å². The third kappa shape index (κ3) is 5.03. The molecule has 4 heteroatoms. The third-order valence-corrected chi connectivity index (χ3v) is 8.82. The van der Waals surface area contributed by atoms with E-state index in [9.17, 15) is 0 Å². The fourth-order valence-electron chi connectivity index (χ4n) is 5.48. The molecule has 41 heavy (non-hydrogen) atoms. The number of hydrogen-bond donors (Lipinski definition) is 0. The van der Waals surface area contributed by atoms with Gasteiger partial charge in [0.2, 0.25) is 0 Å². The van der Waals surface area contributed by atoms with Crippen molar-refractivity contribution in [2.45, 2.75) is 19.8 Å². The smallest absolute Gasteiger partial charge is 0.0737 e. The minimum Gasteiger partial charge on any atom is -0.354 e. The molecule has 3 heterocycles. The van der Waals surface area contributed by atoms with Crippen LogP contribution in [0.25, 0.3) is 5.57 Å². The predicted molar refractivity (Wildman–Crippen MR) is 171 cm³/mol. The van der Waals surface area contributed by atoms with Gasteiger partial charge in [0.25, 0.3) is 0 Å². The average molecular weight is 550 g/mol. The van der Waals surface area contributed by atoms with Crippen molar-refractivity contribution in [3.63, 3.8) is 0 Å². The summed E-state index contributed by atoms with van der Waals surface area (Å²) in [5, 5.41) is 4.60. The minimum absolute atomic E-state index is 1.01. The number of allylic oxidation sites excluding steroid dienone is 2.